The molecule has 1 aromatic rings. The van der Waals surface area contributed by atoms with Gasteiger partial charge in [-0.1, -0.05) is 34.6 Å². The highest BCUT2D eigenvalue weighted by Gasteiger charge is 2.30. The van der Waals surface area contributed by atoms with Crippen molar-refractivity contribution in [3.05, 3.63) is 22.1 Å². The van der Waals surface area contributed by atoms with Gasteiger partial charge in [0.2, 0.25) is 5.82 Å². The summed E-state index contributed by atoms with van der Waals surface area (Å²) in [4.78, 5) is 20.8. The van der Waals surface area contributed by atoms with E-state index in [-0.39, 0.29) is 5.69 Å². The van der Waals surface area contributed by atoms with Gasteiger partial charge >= 0.3 is 5.69 Å². The lowest BCUT2D eigenvalue weighted by Gasteiger charge is -2.24. The van der Waals surface area contributed by atoms with Crippen LogP contribution in [0.25, 0.3) is 0 Å². The Bertz CT molecular complexity index is 438. The van der Waals surface area contributed by atoms with Gasteiger partial charge in [0.1, 0.15) is 12.0 Å². The Kier molecular flexibility index (Phi) is 9.25. The van der Waals surface area contributed by atoms with Crippen LogP contribution in [-0.2, 0) is 0 Å². The van der Waals surface area contributed by atoms with Crippen LogP contribution in [0, 0.1) is 17.0 Å². The Morgan fingerprint density at radius 2 is 2.00 bits per heavy atom. The van der Waals surface area contributed by atoms with Crippen LogP contribution < -0.4 is 4.90 Å². The van der Waals surface area contributed by atoms with Gasteiger partial charge in [0.05, 0.1) is 4.92 Å². The summed E-state index contributed by atoms with van der Waals surface area (Å²) in [7, 11) is 0. The van der Waals surface area contributed by atoms with Crippen LogP contribution in [0.1, 0.15) is 59.7 Å². The molecule has 1 atom stereocenters. The van der Waals surface area contributed by atoms with E-state index in [1.807, 2.05) is 32.6 Å². The number of nitrogens with zero attached hydrogens (tertiary/aromatic N) is 4. The predicted molar refractivity (Wildman–Crippen MR) is 86.8 cm³/mol. The molecule has 0 amide bonds. The molecule has 1 fully saturated rings. The van der Waals surface area contributed by atoms with E-state index in [4.69, 9.17) is 0 Å². The van der Waals surface area contributed by atoms with Crippen LogP contribution in [0.3, 0.4) is 0 Å². The van der Waals surface area contributed by atoms with Gasteiger partial charge in [-0.05, 0) is 26.2 Å². The number of hydrogen-bond donors (Lipinski definition) is 0. The number of aromatic nitrogens is 2. The van der Waals surface area contributed by atoms with E-state index in [1.165, 1.54) is 6.20 Å². The van der Waals surface area contributed by atoms with Crippen LogP contribution in [0.4, 0.5) is 11.5 Å². The lowest BCUT2D eigenvalue weighted by molar-refractivity contribution is -0.384. The Morgan fingerprint density at radius 3 is 2.52 bits per heavy atom. The van der Waals surface area contributed by atoms with Gasteiger partial charge in [-0.15, -0.1) is 0 Å². The fourth-order valence-electron chi connectivity index (χ4n) is 2.33. The highest BCUT2D eigenvalue weighted by molar-refractivity contribution is 5.57. The van der Waals surface area contributed by atoms with Crippen molar-refractivity contribution >= 4 is 11.5 Å². The molecule has 0 aromatic carbocycles. The average molecular weight is 296 g/mol. The van der Waals surface area contributed by atoms with Gasteiger partial charge in [0.25, 0.3) is 0 Å². The van der Waals surface area contributed by atoms with Gasteiger partial charge in [0.15, 0.2) is 0 Å². The van der Waals surface area contributed by atoms with Crippen molar-refractivity contribution in [2.75, 3.05) is 11.4 Å². The summed E-state index contributed by atoms with van der Waals surface area (Å²) in [5.41, 5.74) is 0.0101. The maximum absolute atomic E-state index is 11.0. The van der Waals surface area contributed by atoms with Gasteiger partial charge < -0.3 is 4.90 Å². The molecule has 0 N–H and O–H groups in total. The Morgan fingerprint density at radius 1 is 1.38 bits per heavy atom. The number of hydrogen-bond acceptors (Lipinski definition) is 5. The van der Waals surface area contributed by atoms with E-state index in [0.717, 1.165) is 25.8 Å². The van der Waals surface area contributed by atoms with E-state index >= 15 is 0 Å². The van der Waals surface area contributed by atoms with Crippen molar-refractivity contribution < 1.29 is 4.92 Å². The third kappa shape index (κ3) is 4.95. The highest BCUT2D eigenvalue weighted by atomic mass is 16.6. The second kappa shape index (κ2) is 10.1. The summed E-state index contributed by atoms with van der Waals surface area (Å²) in [5, 5.41) is 11.0. The summed E-state index contributed by atoms with van der Waals surface area (Å²) in [5.74, 6) is 1.05. The zero-order chi connectivity index (χ0) is 16.4. The second-order valence-electron chi connectivity index (χ2n) is 4.28. The first-order valence-electron chi connectivity index (χ1n) is 7.88. The first kappa shape index (κ1) is 19.3. The first-order valence-corrected chi connectivity index (χ1v) is 7.88. The quantitative estimate of drug-likeness (QED) is 0.619. The Hall–Kier alpha value is -1.72. The minimum Gasteiger partial charge on any atom is -0.348 e. The average Bonchev–Trinajstić information content (AvgIpc) is 2.99. The van der Waals surface area contributed by atoms with Gasteiger partial charge in [-0.3, -0.25) is 10.1 Å². The van der Waals surface area contributed by atoms with Crippen molar-refractivity contribution in [2.24, 2.45) is 0 Å². The molecule has 6 heteroatoms. The summed E-state index contributed by atoms with van der Waals surface area (Å²) < 4.78 is 0. The van der Waals surface area contributed by atoms with Crippen LogP contribution in [0.15, 0.2) is 6.20 Å². The maximum Gasteiger partial charge on any atom is 0.329 e. The largest absolute Gasteiger partial charge is 0.348 e. The molecule has 1 unspecified atom stereocenters. The van der Waals surface area contributed by atoms with Gasteiger partial charge in [0, 0.05) is 12.6 Å². The van der Waals surface area contributed by atoms with Crippen molar-refractivity contribution in [1.29, 1.82) is 0 Å². The number of rotatable bonds is 3. The van der Waals surface area contributed by atoms with E-state index in [9.17, 15) is 10.1 Å². The monoisotopic (exact) mass is 296 g/mol. The van der Waals surface area contributed by atoms with Crippen LogP contribution >= 0.6 is 0 Å². The van der Waals surface area contributed by atoms with Crippen molar-refractivity contribution in [2.45, 2.75) is 66.8 Å². The lowest BCUT2D eigenvalue weighted by atomic mass is 10.2. The van der Waals surface area contributed by atoms with Crippen LogP contribution in [-0.4, -0.2) is 27.5 Å². The molecule has 0 aliphatic carbocycles. The second-order valence-corrected chi connectivity index (χ2v) is 4.28. The normalized spacial score (nSPS) is 16.5. The van der Waals surface area contributed by atoms with Crippen molar-refractivity contribution in [3.8, 4) is 0 Å². The van der Waals surface area contributed by atoms with Crippen LogP contribution in [0.2, 0.25) is 0 Å². The lowest BCUT2D eigenvalue weighted by Crippen LogP contribution is -2.30. The van der Waals surface area contributed by atoms with E-state index in [1.54, 1.807) is 6.92 Å². The van der Waals surface area contributed by atoms with E-state index in [0.29, 0.717) is 17.7 Å². The summed E-state index contributed by atoms with van der Waals surface area (Å²) in [6.07, 6.45) is 4.44. The van der Waals surface area contributed by atoms with E-state index in [2.05, 4.69) is 16.9 Å². The Balaban J connectivity index is 0.000000921. The zero-order valence-corrected chi connectivity index (χ0v) is 14.1. The van der Waals surface area contributed by atoms with Crippen molar-refractivity contribution in [1.82, 2.24) is 9.97 Å². The van der Waals surface area contributed by atoms with Gasteiger partial charge in [-0.25, -0.2) is 9.97 Å². The number of anilines is 1. The standard InChI is InChI=1S/C11H16N4O2.2C2H6/c1-3-9-5-4-6-14(9)11-10(15(16)17)7-12-8(2)13-11;2*1-2/h7,9H,3-6H2,1-2H3;2*1-2H3. The molecule has 1 aliphatic rings. The fourth-order valence-corrected chi connectivity index (χ4v) is 2.33. The summed E-state index contributed by atoms with van der Waals surface area (Å²) in [6.45, 7) is 12.7. The molecule has 0 radical (unpaired) electrons. The molecule has 0 bridgehead atoms. The maximum atomic E-state index is 11.0. The fraction of sp³-hybridized carbons (Fsp3) is 0.733. The molecule has 21 heavy (non-hydrogen) atoms. The topological polar surface area (TPSA) is 72.2 Å². The third-order valence-corrected chi connectivity index (χ3v) is 3.19. The molecular weight excluding hydrogens is 268 g/mol. The van der Waals surface area contributed by atoms with Crippen molar-refractivity contribution in [3.63, 3.8) is 0 Å². The molecule has 6 nitrogen and oxygen atoms in total. The Labute approximate surface area is 127 Å². The molecule has 120 valence electrons. The third-order valence-electron chi connectivity index (χ3n) is 3.19. The van der Waals surface area contributed by atoms with Gasteiger partial charge in [-0.2, -0.15) is 0 Å². The summed E-state index contributed by atoms with van der Waals surface area (Å²) in [6, 6.07) is 0.364. The molecule has 0 saturated carbocycles. The zero-order valence-electron chi connectivity index (χ0n) is 14.1. The highest BCUT2D eigenvalue weighted by Crippen LogP contribution is 2.32. The predicted octanol–water partition coefficient (Wildman–Crippen LogP) is 4.12. The first-order chi connectivity index (χ1) is 10.1. The summed E-state index contributed by atoms with van der Waals surface area (Å²) >= 11 is 0. The molecule has 2 rings (SSSR count). The number of aryl methyl sites for hydroxylation is 1. The smallest absolute Gasteiger partial charge is 0.329 e. The van der Waals surface area contributed by atoms with Crippen LogP contribution in [0.5, 0.6) is 0 Å². The number of nitro groups is 1. The molecule has 2 heterocycles. The minimum absolute atomic E-state index is 0.0101. The SMILES string of the molecule is CC.CC.CCC1CCCN1c1nc(C)ncc1[N+](=O)[O-]. The molecule has 1 aromatic heterocycles. The molecule has 1 saturated heterocycles. The van der Waals surface area contributed by atoms with E-state index < -0.39 is 4.92 Å². The molecular formula is C15H28N4O2. The molecule has 1 aliphatic heterocycles. The minimum atomic E-state index is -0.403. The molecule has 0 spiro atoms.